The molecule has 1 aromatic heterocycles. The zero-order chi connectivity index (χ0) is 13.2. The second kappa shape index (κ2) is 3.02. The molecule has 4 nitrogen and oxygen atoms in total. The van der Waals surface area contributed by atoms with E-state index in [4.69, 9.17) is 5.11 Å². The first-order valence-electron chi connectivity index (χ1n) is 5.42. The molecule has 0 aromatic carbocycles. The Balaban J connectivity index is 1.87. The van der Waals surface area contributed by atoms with Gasteiger partial charge >= 0.3 is 12.1 Å². The van der Waals surface area contributed by atoms with E-state index in [1.165, 1.54) is 0 Å². The molecule has 0 atom stereocenters. The molecule has 3 aliphatic carbocycles. The molecule has 18 heavy (non-hydrogen) atoms. The van der Waals surface area contributed by atoms with Crippen LogP contribution >= 0.6 is 0 Å². The van der Waals surface area contributed by atoms with Crippen LogP contribution in [0.4, 0.5) is 13.2 Å². The van der Waals surface area contributed by atoms with Crippen LogP contribution in [0.3, 0.4) is 0 Å². The average Bonchev–Trinajstić information content (AvgIpc) is 2.11. The van der Waals surface area contributed by atoms with Gasteiger partial charge in [0.15, 0.2) is 0 Å². The lowest BCUT2D eigenvalue weighted by molar-refractivity contribution is -0.196. The molecule has 1 N–H and O–H groups in total. The lowest BCUT2D eigenvalue weighted by Crippen LogP contribution is -2.68. The first kappa shape index (κ1) is 11.4. The molecule has 1 heterocycles. The van der Waals surface area contributed by atoms with Crippen LogP contribution in [-0.4, -0.2) is 21.0 Å². The van der Waals surface area contributed by atoms with Crippen molar-refractivity contribution in [1.82, 2.24) is 9.97 Å². The SMILES string of the molecule is O=C(O)C12CC(c3nccc(C(F)(F)F)n3)(C1)C2. The summed E-state index contributed by atoms with van der Waals surface area (Å²) in [6.45, 7) is 0. The van der Waals surface area contributed by atoms with Gasteiger partial charge in [-0.3, -0.25) is 4.79 Å². The van der Waals surface area contributed by atoms with Crippen LogP contribution in [0, 0.1) is 5.41 Å². The minimum absolute atomic E-state index is 0.125. The number of carboxylic acids is 1. The highest BCUT2D eigenvalue weighted by molar-refractivity contribution is 5.80. The van der Waals surface area contributed by atoms with Crippen LogP contribution in [0.2, 0.25) is 0 Å². The summed E-state index contributed by atoms with van der Waals surface area (Å²) in [6.07, 6.45) is -2.38. The number of aromatic nitrogens is 2. The number of nitrogens with zero attached hydrogens (tertiary/aromatic N) is 2. The predicted octanol–water partition coefficient (Wildman–Crippen LogP) is 2.00. The van der Waals surface area contributed by atoms with E-state index in [-0.39, 0.29) is 5.82 Å². The maximum Gasteiger partial charge on any atom is 0.433 e. The molecule has 96 valence electrons. The number of alkyl halides is 3. The molecular weight excluding hydrogens is 249 g/mol. The predicted molar refractivity (Wildman–Crippen MR) is 52.6 cm³/mol. The Kier molecular flexibility index (Phi) is 1.92. The van der Waals surface area contributed by atoms with Crippen molar-refractivity contribution in [2.45, 2.75) is 30.9 Å². The van der Waals surface area contributed by atoms with Gasteiger partial charge in [-0.15, -0.1) is 0 Å². The molecule has 3 fully saturated rings. The largest absolute Gasteiger partial charge is 0.481 e. The minimum atomic E-state index is -4.49. The summed E-state index contributed by atoms with van der Waals surface area (Å²) >= 11 is 0. The van der Waals surface area contributed by atoms with Gasteiger partial charge in [-0.25, -0.2) is 9.97 Å². The second-order valence-corrected chi connectivity index (χ2v) is 5.16. The second-order valence-electron chi connectivity index (χ2n) is 5.16. The van der Waals surface area contributed by atoms with Crippen molar-refractivity contribution in [2.24, 2.45) is 5.41 Å². The summed E-state index contributed by atoms with van der Waals surface area (Å²) in [5, 5.41) is 8.95. The van der Waals surface area contributed by atoms with Crippen molar-refractivity contribution in [1.29, 1.82) is 0 Å². The van der Waals surface area contributed by atoms with Crippen molar-refractivity contribution >= 4 is 5.97 Å². The molecule has 0 unspecified atom stereocenters. The summed E-state index contributed by atoms with van der Waals surface area (Å²) in [5.74, 6) is -0.753. The number of hydrogen-bond donors (Lipinski definition) is 1. The van der Waals surface area contributed by atoms with Crippen LogP contribution in [0.15, 0.2) is 12.3 Å². The maximum absolute atomic E-state index is 12.5. The molecule has 3 saturated carbocycles. The van der Waals surface area contributed by atoms with Gasteiger partial charge in [0.2, 0.25) is 0 Å². The van der Waals surface area contributed by atoms with Gasteiger partial charge in [-0.2, -0.15) is 13.2 Å². The number of aliphatic carboxylic acids is 1. The quantitative estimate of drug-likeness (QED) is 0.881. The van der Waals surface area contributed by atoms with Crippen molar-refractivity contribution in [3.63, 3.8) is 0 Å². The summed E-state index contributed by atoms with van der Waals surface area (Å²) in [4.78, 5) is 18.3. The Bertz CT molecular complexity index is 522. The number of halogens is 3. The third kappa shape index (κ3) is 1.30. The molecule has 0 aliphatic heterocycles. The topological polar surface area (TPSA) is 63.1 Å². The highest BCUT2D eigenvalue weighted by Gasteiger charge is 2.74. The van der Waals surface area contributed by atoms with Gasteiger partial charge < -0.3 is 5.11 Å². The van der Waals surface area contributed by atoms with E-state index in [1.54, 1.807) is 0 Å². The normalized spacial score (nSPS) is 33.5. The third-order valence-corrected chi connectivity index (χ3v) is 3.90. The van der Waals surface area contributed by atoms with E-state index < -0.39 is 28.7 Å². The fourth-order valence-electron chi connectivity index (χ4n) is 3.02. The van der Waals surface area contributed by atoms with Crippen LogP contribution in [-0.2, 0) is 16.4 Å². The highest BCUT2D eigenvalue weighted by Crippen LogP contribution is 2.73. The number of hydrogen-bond acceptors (Lipinski definition) is 3. The lowest BCUT2D eigenvalue weighted by atomic mass is 9.35. The Morgan fingerprint density at radius 2 is 1.94 bits per heavy atom. The molecule has 0 saturated heterocycles. The third-order valence-electron chi connectivity index (χ3n) is 3.90. The fraction of sp³-hybridized carbons (Fsp3) is 0.545. The first-order chi connectivity index (χ1) is 8.28. The molecule has 0 radical (unpaired) electrons. The van der Waals surface area contributed by atoms with E-state index in [1.807, 2.05) is 0 Å². The Hall–Kier alpha value is -1.66. The standard InChI is InChI=1S/C11H9F3N2O2/c12-11(13,14)6-1-2-15-7(16-6)9-3-10(4-9,5-9)8(17)18/h1-2H,3-5H2,(H,17,18). The Morgan fingerprint density at radius 1 is 1.33 bits per heavy atom. The van der Waals surface area contributed by atoms with Crippen LogP contribution in [0.5, 0.6) is 0 Å². The van der Waals surface area contributed by atoms with E-state index >= 15 is 0 Å². The van der Waals surface area contributed by atoms with Crippen molar-refractivity contribution in [3.05, 3.63) is 23.8 Å². The zero-order valence-corrected chi connectivity index (χ0v) is 9.16. The average molecular weight is 258 g/mol. The van der Waals surface area contributed by atoms with Crippen molar-refractivity contribution in [3.8, 4) is 0 Å². The molecule has 2 bridgehead atoms. The van der Waals surface area contributed by atoms with Gasteiger partial charge in [0.25, 0.3) is 0 Å². The summed E-state index contributed by atoms with van der Waals surface area (Å²) in [7, 11) is 0. The summed E-state index contributed by atoms with van der Waals surface area (Å²) in [5.41, 5.74) is -2.25. The van der Waals surface area contributed by atoms with Gasteiger partial charge in [-0.1, -0.05) is 0 Å². The molecule has 0 amide bonds. The van der Waals surface area contributed by atoms with E-state index in [0.717, 1.165) is 12.3 Å². The monoisotopic (exact) mass is 258 g/mol. The molecule has 7 heteroatoms. The van der Waals surface area contributed by atoms with Crippen LogP contribution in [0.1, 0.15) is 30.8 Å². The maximum atomic E-state index is 12.5. The zero-order valence-electron chi connectivity index (χ0n) is 9.16. The lowest BCUT2D eigenvalue weighted by Gasteiger charge is -2.66. The van der Waals surface area contributed by atoms with Crippen LogP contribution in [0.25, 0.3) is 0 Å². The van der Waals surface area contributed by atoms with Gasteiger partial charge in [-0.05, 0) is 25.3 Å². The van der Waals surface area contributed by atoms with Crippen LogP contribution < -0.4 is 0 Å². The smallest absolute Gasteiger partial charge is 0.433 e. The number of carbonyl (C=O) groups is 1. The Labute approximate surface area is 99.9 Å². The van der Waals surface area contributed by atoms with E-state index in [9.17, 15) is 18.0 Å². The first-order valence-corrected chi connectivity index (χ1v) is 5.42. The summed E-state index contributed by atoms with van der Waals surface area (Å²) in [6, 6.07) is 0.821. The Morgan fingerprint density at radius 3 is 2.44 bits per heavy atom. The van der Waals surface area contributed by atoms with Gasteiger partial charge in [0.1, 0.15) is 11.5 Å². The number of rotatable bonds is 2. The van der Waals surface area contributed by atoms with Crippen molar-refractivity contribution < 1.29 is 23.1 Å². The van der Waals surface area contributed by atoms with E-state index in [2.05, 4.69) is 9.97 Å². The number of carboxylic acid groups (broad SMARTS) is 1. The molecule has 1 aromatic rings. The molecular formula is C11H9F3N2O2. The van der Waals surface area contributed by atoms with E-state index in [0.29, 0.717) is 19.3 Å². The van der Waals surface area contributed by atoms with Gasteiger partial charge in [0.05, 0.1) is 5.41 Å². The summed E-state index contributed by atoms with van der Waals surface area (Å²) < 4.78 is 37.5. The molecule has 0 spiro atoms. The minimum Gasteiger partial charge on any atom is -0.481 e. The highest BCUT2D eigenvalue weighted by atomic mass is 19.4. The molecule has 3 aliphatic rings. The van der Waals surface area contributed by atoms with Gasteiger partial charge in [0, 0.05) is 11.6 Å². The van der Waals surface area contributed by atoms with Crippen molar-refractivity contribution in [2.75, 3.05) is 0 Å². The fourth-order valence-corrected chi connectivity index (χ4v) is 3.02. The molecule has 4 rings (SSSR count).